The van der Waals surface area contributed by atoms with Crippen molar-refractivity contribution in [3.63, 3.8) is 0 Å². The van der Waals surface area contributed by atoms with E-state index in [-0.39, 0.29) is 11.9 Å². The summed E-state index contributed by atoms with van der Waals surface area (Å²) < 4.78 is 13.7. The Morgan fingerprint density at radius 2 is 2.20 bits per heavy atom. The lowest BCUT2D eigenvalue weighted by Crippen LogP contribution is -2.38. The number of nitrogens with one attached hydrogen (secondary N) is 1. The molecule has 0 saturated heterocycles. The average molecular weight is 299 g/mol. The predicted molar refractivity (Wildman–Crippen MR) is 80.7 cm³/mol. The highest BCUT2D eigenvalue weighted by Gasteiger charge is 2.20. The van der Waals surface area contributed by atoms with E-state index < -0.39 is 12.0 Å². The van der Waals surface area contributed by atoms with Crippen molar-refractivity contribution in [3.8, 4) is 0 Å². The standard InChI is InChI=1S/C15H22FNO2S/c1-4-5-6-13(15(18)19)17-10(2)11-7-8-14(20-3)12(16)9-11/h7-10,13,17H,4-6H2,1-3H3,(H,18,19). The van der Waals surface area contributed by atoms with Crippen molar-refractivity contribution < 1.29 is 14.3 Å². The molecule has 1 rings (SSSR count). The molecule has 5 heteroatoms. The maximum Gasteiger partial charge on any atom is 0.320 e. The van der Waals surface area contributed by atoms with E-state index in [1.54, 1.807) is 6.07 Å². The largest absolute Gasteiger partial charge is 0.480 e. The first kappa shape index (κ1) is 17.0. The van der Waals surface area contributed by atoms with Gasteiger partial charge in [0.1, 0.15) is 11.9 Å². The number of unbranched alkanes of at least 4 members (excludes halogenated alkanes) is 1. The smallest absolute Gasteiger partial charge is 0.320 e. The van der Waals surface area contributed by atoms with E-state index in [0.29, 0.717) is 11.3 Å². The van der Waals surface area contributed by atoms with Crippen molar-refractivity contribution in [2.24, 2.45) is 0 Å². The summed E-state index contributed by atoms with van der Waals surface area (Å²) in [6.07, 6.45) is 4.22. The Bertz CT molecular complexity index is 453. The van der Waals surface area contributed by atoms with Crippen molar-refractivity contribution >= 4 is 17.7 Å². The van der Waals surface area contributed by atoms with Gasteiger partial charge in [-0.3, -0.25) is 10.1 Å². The Morgan fingerprint density at radius 1 is 1.50 bits per heavy atom. The van der Waals surface area contributed by atoms with Crippen LogP contribution in [0.5, 0.6) is 0 Å². The molecule has 0 spiro atoms. The molecule has 20 heavy (non-hydrogen) atoms. The maximum atomic E-state index is 13.7. The number of carbonyl (C=O) groups is 1. The van der Waals surface area contributed by atoms with Gasteiger partial charge >= 0.3 is 5.97 Å². The summed E-state index contributed by atoms with van der Waals surface area (Å²) in [5.74, 6) is -1.12. The van der Waals surface area contributed by atoms with Crippen LogP contribution in [0.2, 0.25) is 0 Å². The summed E-state index contributed by atoms with van der Waals surface area (Å²) in [6.45, 7) is 3.88. The molecule has 0 aromatic heterocycles. The molecule has 0 amide bonds. The molecule has 0 aliphatic rings. The zero-order chi connectivity index (χ0) is 15.1. The van der Waals surface area contributed by atoms with Crippen molar-refractivity contribution in [2.45, 2.75) is 50.1 Å². The van der Waals surface area contributed by atoms with Crippen LogP contribution in [0.25, 0.3) is 0 Å². The number of carboxylic acids is 1. The number of benzene rings is 1. The second-order valence-corrected chi connectivity index (χ2v) is 5.66. The molecule has 2 atom stereocenters. The molecule has 0 radical (unpaired) electrons. The molecule has 1 aromatic rings. The topological polar surface area (TPSA) is 49.3 Å². The third-order valence-electron chi connectivity index (χ3n) is 3.27. The third kappa shape index (κ3) is 4.80. The van der Waals surface area contributed by atoms with Crippen molar-refractivity contribution in [3.05, 3.63) is 29.6 Å². The van der Waals surface area contributed by atoms with Gasteiger partial charge in [-0.2, -0.15) is 0 Å². The van der Waals surface area contributed by atoms with E-state index in [9.17, 15) is 14.3 Å². The Labute approximate surface area is 124 Å². The van der Waals surface area contributed by atoms with Gasteiger partial charge in [0, 0.05) is 10.9 Å². The van der Waals surface area contributed by atoms with Crippen molar-refractivity contribution in [1.82, 2.24) is 5.32 Å². The van der Waals surface area contributed by atoms with Gasteiger partial charge in [-0.05, 0) is 37.3 Å². The number of thioether (sulfide) groups is 1. The highest BCUT2D eigenvalue weighted by atomic mass is 32.2. The number of rotatable bonds is 8. The van der Waals surface area contributed by atoms with E-state index in [2.05, 4.69) is 5.32 Å². The minimum atomic E-state index is -0.855. The van der Waals surface area contributed by atoms with Crippen molar-refractivity contribution in [2.75, 3.05) is 6.26 Å². The van der Waals surface area contributed by atoms with E-state index in [1.807, 2.05) is 26.2 Å². The normalized spacial score (nSPS) is 14.0. The Kier molecular flexibility index (Phi) is 7.02. The first-order chi connectivity index (χ1) is 9.49. The summed E-state index contributed by atoms with van der Waals surface area (Å²) in [4.78, 5) is 11.8. The highest BCUT2D eigenvalue weighted by molar-refractivity contribution is 7.98. The molecule has 0 aliphatic carbocycles. The number of carboxylic acid groups (broad SMARTS) is 1. The summed E-state index contributed by atoms with van der Waals surface area (Å²) in [5, 5.41) is 12.3. The van der Waals surface area contributed by atoms with Gasteiger partial charge in [-0.15, -0.1) is 11.8 Å². The average Bonchev–Trinajstić information content (AvgIpc) is 2.42. The van der Waals surface area contributed by atoms with Crippen LogP contribution in [0.15, 0.2) is 23.1 Å². The predicted octanol–water partition coefficient (Wildman–Crippen LogP) is 3.84. The summed E-state index contributed by atoms with van der Waals surface area (Å²) >= 11 is 1.36. The molecule has 0 heterocycles. The zero-order valence-corrected chi connectivity index (χ0v) is 13.0. The monoisotopic (exact) mass is 299 g/mol. The molecule has 2 unspecified atom stereocenters. The minimum absolute atomic E-state index is 0.196. The molecule has 0 saturated carbocycles. The SMILES string of the molecule is CCCCC(NC(C)c1ccc(SC)c(F)c1)C(=O)O. The lowest BCUT2D eigenvalue weighted by atomic mass is 10.0. The number of hydrogen-bond acceptors (Lipinski definition) is 3. The first-order valence-corrected chi connectivity index (χ1v) is 8.04. The van der Waals surface area contributed by atoms with Crippen LogP contribution >= 0.6 is 11.8 Å². The zero-order valence-electron chi connectivity index (χ0n) is 12.1. The lowest BCUT2D eigenvalue weighted by molar-refractivity contribution is -0.139. The van der Waals surface area contributed by atoms with Crippen LogP contribution in [-0.2, 0) is 4.79 Å². The number of halogens is 1. The van der Waals surface area contributed by atoms with E-state index in [4.69, 9.17) is 0 Å². The summed E-state index contributed by atoms with van der Waals surface area (Å²) in [5.41, 5.74) is 0.767. The van der Waals surface area contributed by atoms with E-state index in [0.717, 1.165) is 18.4 Å². The van der Waals surface area contributed by atoms with Gasteiger partial charge in [0.15, 0.2) is 0 Å². The Balaban J connectivity index is 2.75. The molecule has 0 aliphatic heterocycles. The van der Waals surface area contributed by atoms with Gasteiger partial charge < -0.3 is 5.11 Å². The molecular weight excluding hydrogens is 277 g/mol. The maximum absolute atomic E-state index is 13.7. The fraction of sp³-hybridized carbons (Fsp3) is 0.533. The van der Waals surface area contributed by atoms with E-state index >= 15 is 0 Å². The quantitative estimate of drug-likeness (QED) is 0.716. The Morgan fingerprint density at radius 3 is 2.70 bits per heavy atom. The molecule has 1 aromatic carbocycles. The minimum Gasteiger partial charge on any atom is -0.480 e. The van der Waals surface area contributed by atoms with Gasteiger partial charge in [0.05, 0.1) is 0 Å². The second kappa shape index (κ2) is 8.27. The molecular formula is C15H22FNO2S. The number of hydrogen-bond donors (Lipinski definition) is 2. The highest BCUT2D eigenvalue weighted by Crippen LogP contribution is 2.23. The third-order valence-corrected chi connectivity index (χ3v) is 4.04. The fourth-order valence-corrected chi connectivity index (χ4v) is 2.49. The van der Waals surface area contributed by atoms with Gasteiger partial charge in [0.25, 0.3) is 0 Å². The van der Waals surface area contributed by atoms with Crippen LogP contribution in [-0.4, -0.2) is 23.4 Å². The molecule has 0 fully saturated rings. The molecule has 3 nitrogen and oxygen atoms in total. The Hall–Kier alpha value is -1.07. The lowest BCUT2D eigenvalue weighted by Gasteiger charge is -2.20. The molecule has 2 N–H and O–H groups in total. The van der Waals surface area contributed by atoms with Crippen LogP contribution in [0.4, 0.5) is 4.39 Å². The molecule has 0 bridgehead atoms. The van der Waals surface area contributed by atoms with Crippen LogP contribution in [0, 0.1) is 5.82 Å². The molecule has 112 valence electrons. The van der Waals surface area contributed by atoms with Crippen LogP contribution in [0.1, 0.15) is 44.7 Å². The van der Waals surface area contributed by atoms with Gasteiger partial charge in [-0.25, -0.2) is 4.39 Å². The van der Waals surface area contributed by atoms with Crippen molar-refractivity contribution in [1.29, 1.82) is 0 Å². The van der Waals surface area contributed by atoms with E-state index in [1.165, 1.54) is 17.8 Å². The second-order valence-electron chi connectivity index (χ2n) is 4.82. The fourth-order valence-electron chi connectivity index (χ4n) is 2.04. The van der Waals surface area contributed by atoms with Gasteiger partial charge in [0.2, 0.25) is 0 Å². The summed E-state index contributed by atoms with van der Waals surface area (Å²) in [6, 6.07) is 4.26. The van der Waals surface area contributed by atoms with Crippen LogP contribution < -0.4 is 5.32 Å². The van der Waals surface area contributed by atoms with Crippen LogP contribution in [0.3, 0.4) is 0 Å². The first-order valence-electron chi connectivity index (χ1n) is 6.81. The van der Waals surface area contributed by atoms with Gasteiger partial charge in [-0.1, -0.05) is 25.8 Å². The number of aliphatic carboxylic acids is 1. The summed E-state index contributed by atoms with van der Waals surface area (Å²) in [7, 11) is 0.